The molecule has 1 aliphatic rings. The molecule has 1 saturated heterocycles. The minimum atomic E-state index is -0.636. The van der Waals surface area contributed by atoms with Crippen molar-refractivity contribution in [1.29, 1.82) is 0 Å². The van der Waals surface area contributed by atoms with Gasteiger partial charge in [0.2, 0.25) is 0 Å². The van der Waals surface area contributed by atoms with Crippen molar-refractivity contribution >= 4 is 17.5 Å². The molecule has 6 heteroatoms. The van der Waals surface area contributed by atoms with Crippen LogP contribution in [0.1, 0.15) is 46.0 Å². The summed E-state index contributed by atoms with van der Waals surface area (Å²) < 4.78 is 5.64. The Morgan fingerprint density at radius 3 is 2.62 bits per heavy atom. The summed E-state index contributed by atoms with van der Waals surface area (Å²) in [6, 6.07) is 7.43. The molecule has 1 aliphatic heterocycles. The van der Waals surface area contributed by atoms with Gasteiger partial charge in [-0.05, 0) is 56.6 Å². The Hall–Kier alpha value is -2.08. The van der Waals surface area contributed by atoms with Crippen LogP contribution in [0.25, 0.3) is 0 Å². The zero-order valence-corrected chi connectivity index (χ0v) is 15.9. The Morgan fingerprint density at radius 2 is 1.92 bits per heavy atom. The van der Waals surface area contributed by atoms with E-state index in [9.17, 15) is 9.59 Å². The number of likely N-dealkylation sites (tertiary alicyclic amines) is 1. The third-order valence-electron chi connectivity index (χ3n) is 4.74. The van der Waals surface area contributed by atoms with E-state index in [1.807, 2.05) is 0 Å². The third kappa shape index (κ3) is 6.33. The molecule has 0 bridgehead atoms. The minimum Gasteiger partial charge on any atom is -0.494 e. The van der Waals surface area contributed by atoms with Crippen molar-refractivity contribution in [1.82, 2.24) is 10.2 Å². The number of benzene rings is 1. The molecule has 144 valence electrons. The molecular weight excluding hydrogens is 330 g/mol. The van der Waals surface area contributed by atoms with Gasteiger partial charge in [-0.1, -0.05) is 26.7 Å². The lowest BCUT2D eigenvalue weighted by Gasteiger charge is -2.22. The van der Waals surface area contributed by atoms with E-state index in [4.69, 9.17) is 4.74 Å². The molecular formula is C20H31N3O3. The number of anilines is 1. The maximum Gasteiger partial charge on any atom is 0.313 e. The summed E-state index contributed by atoms with van der Waals surface area (Å²) in [6.45, 7) is 7.52. The number of likely N-dealkylation sites (N-methyl/N-ethyl adjacent to an activating group) is 1. The highest BCUT2D eigenvalue weighted by atomic mass is 16.5. The predicted octanol–water partition coefficient (Wildman–Crippen LogP) is 2.79. The molecule has 26 heavy (non-hydrogen) atoms. The Balaban J connectivity index is 1.73. The van der Waals surface area contributed by atoms with Gasteiger partial charge in [-0.3, -0.25) is 14.5 Å². The van der Waals surface area contributed by atoms with E-state index < -0.39 is 11.8 Å². The molecule has 1 aromatic rings. The van der Waals surface area contributed by atoms with E-state index in [0.717, 1.165) is 50.9 Å². The van der Waals surface area contributed by atoms with Gasteiger partial charge in [-0.25, -0.2) is 0 Å². The Labute approximate surface area is 156 Å². The van der Waals surface area contributed by atoms with Crippen molar-refractivity contribution in [3.63, 3.8) is 0 Å². The molecule has 1 atom stereocenters. The molecule has 0 radical (unpaired) electrons. The first-order chi connectivity index (χ1) is 12.6. The van der Waals surface area contributed by atoms with Gasteiger partial charge in [0.25, 0.3) is 0 Å². The first kappa shape index (κ1) is 20.2. The molecule has 1 fully saturated rings. The normalized spacial score (nSPS) is 17.1. The Kier molecular flexibility index (Phi) is 8.41. The van der Waals surface area contributed by atoms with Crippen LogP contribution < -0.4 is 15.4 Å². The molecule has 1 heterocycles. The number of nitrogens with zero attached hydrogens (tertiary/aromatic N) is 1. The van der Waals surface area contributed by atoms with Crippen LogP contribution in [0.4, 0.5) is 5.69 Å². The van der Waals surface area contributed by atoms with Crippen LogP contribution in [0.15, 0.2) is 24.3 Å². The summed E-state index contributed by atoms with van der Waals surface area (Å²) in [5, 5.41) is 5.37. The van der Waals surface area contributed by atoms with Gasteiger partial charge in [-0.2, -0.15) is 0 Å². The van der Waals surface area contributed by atoms with E-state index in [-0.39, 0.29) is 0 Å². The minimum absolute atomic E-state index is 0.334. The Bertz CT molecular complexity index is 574. The fourth-order valence-electron chi connectivity index (χ4n) is 3.20. The van der Waals surface area contributed by atoms with Crippen molar-refractivity contribution in [2.45, 2.75) is 52.0 Å². The first-order valence-electron chi connectivity index (χ1n) is 9.70. The standard InChI is InChI=1S/C20H31N3O3/c1-3-5-6-14-26-18-11-9-16(10-12-18)22-20(25)19(24)21-15-17-8-7-13-23(17)4-2/h9-12,17H,3-8,13-15H2,1-2H3,(H,21,24)(H,22,25)/t17-/m1/s1. The SMILES string of the molecule is CCCCCOc1ccc(NC(=O)C(=O)NC[C@H]2CCCN2CC)cc1. The second-order valence-corrected chi connectivity index (χ2v) is 6.67. The topological polar surface area (TPSA) is 70.7 Å². The monoisotopic (exact) mass is 361 g/mol. The first-order valence-corrected chi connectivity index (χ1v) is 9.70. The van der Waals surface area contributed by atoms with Crippen LogP contribution >= 0.6 is 0 Å². The summed E-state index contributed by atoms with van der Waals surface area (Å²) in [4.78, 5) is 26.4. The number of carbonyl (C=O) groups is 2. The number of hydrogen-bond acceptors (Lipinski definition) is 4. The van der Waals surface area contributed by atoms with Crippen LogP contribution in [-0.2, 0) is 9.59 Å². The number of nitrogens with one attached hydrogen (secondary N) is 2. The van der Waals surface area contributed by atoms with E-state index in [1.54, 1.807) is 24.3 Å². The van der Waals surface area contributed by atoms with Gasteiger partial charge in [0.05, 0.1) is 6.61 Å². The van der Waals surface area contributed by atoms with Gasteiger partial charge in [0.1, 0.15) is 5.75 Å². The molecule has 2 amide bonds. The zero-order valence-electron chi connectivity index (χ0n) is 15.9. The lowest BCUT2D eigenvalue weighted by atomic mass is 10.2. The molecule has 0 aliphatic carbocycles. The van der Waals surface area contributed by atoms with Crippen molar-refractivity contribution in [3.8, 4) is 5.75 Å². The van der Waals surface area contributed by atoms with Gasteiger partial charge < -0.3 is 15.4 Å². The van der Waals surface area contributed by atoms with Crippen LogP contribution in [0, 0.1) is 0 Å². The quantitative estimate of drug-likeness (QED) is 0.524. The molecule has 6 nitrogen and oxygen atoms in total. The van der Waals surface area contributed by atoms with E-state index in [1.165, 1.54) is 0 Å². The second kappa shape index (κ2) is 10.8. The summed E-state index contributed by atoms with van der Waals surface area (Å²) in [5.74, 6) is -0.458. The van der Waals surface area contributed by atoms with Gasteiger partial charge in [-0.15, -0.1) is 0 Å². The van der Waals surface area contributed by atoms with Crippen LogP contribution in [0.5, 0.6) is 5.75 Å². The molecule has 2 N–H and O–H groups in total. The molecule has 0 spiro atoms. The zero-order chi connectivity index (χ0) is 18.8. The number of ether oxygens (including phenoxy) is 1. The van der Waals surface area contributed by atoms with Crippen molar-refractivity contribution in [2.75, 3.05) is 31.6 Å². The maximum atomic E-state index is 12.0. The predicted molar refractivity (Wildman–Crippen MR) is 103 cm³/mol. The second-order valence-electron chi connectivity index (χ2n) is 6.67. The van der Waals surface area contributed by atoms with Crippen LogP contribution in [0.2, 0.25) is 0 Å². The lowest BCUT2D eigenvalue weighted by Crippen LogP contribution is -2.43. The number of rotatable bonds is 9. The van der Waals surface area contributed by atoms with E-state index in [2.05, 4.69) is 29.4 Å². The average Bonchev–Trinajstić information content (AvgIpc) is 3.12. The maximum absolute atomic E-state index is 12.0. The molecule has 1 aromatic carbocycles. The van der Waals surface area contributed by atoms with Gasteiger partial charge in [0, 0.05) is 18.3 Å². The number of carbonyl (C=O) groups excluding carboxylic acids is 2. The highest BCUT2D eigenvalue weighted by Gasteiger charge is 2.24. The number of unbranched alkanes of at least 4 members (excludes halogenated alkanes) is 2. The summed E-state index contributed by atoms with van der Waals surface area (Å²) in [5.41, 5.74) is 0.585. The van der Waals surface area contributed by atoms with Crippen molar-refractivity contribution in [3.05, 3.63) is 24.3 Å². The largest absolute Gasteiger partial charge is 0.494 e. The fourth-order valence-corrected chi connectivity index (χ4v) is 3.20. The van der Waals surface area contributed by atoms with Crippen LogP contribution in [0.3, 0.4) is 0 Å². The molecule has 0 saturated carbocycles. The molecule has 0 aromatic heterocycles. The van der Waals surface area contributed by atoms with E-state index >= 15 is 0 Å². The van der Waals surface area contributed by atoms with Gasteiger partial charge >= 0.3 is 11.8 Å². The summed E-state index contributed by atoms with van der Waals surface area (Å²) in [7, 11) is 0. The number of hydrogen-bond donors (Lipinski definition) is 2. The average molecular weight is 361 g/mol. The fraction of sp³-hybridized carbons (Fsp3) is 0.600. The van der Waals surface area contributed by atoms with E-state index in [0.29, 0.717) is 24.9 Å². The Morgan fingerprint density at radius 1 is 1.15 bits per heavy atom. The molecule has 0 unspecified atom stereocenters. The number of amides is 2. The van der Waals surface area contributed by atoms with Crippen LogP contribution in [-0.4, -0.2) is 49.0 Å². The summed E-state index contributed by atoms with van der Waals surface area (Å²) in [6.07, 6.45) is 5.56. The lowest BCUT2D eigenvalue weighted by molar-refractivity contribution is -0.136. The third-order valence-corrected chi connectivity index (χ3v) is 4.74. The van der Waals surface area contributed by atoms with Crippen molar-refractivity contribution in [2.24, 2.45) is 0 Å². The smallest absolute Gasteiger partial charge is 0.313 e. The van der Waals surface area contributed by atoms with Crippen molar-refractivity contribution < 1.29 is 14.3 Å². The molecule has 2 rings (SSSR count). The van der Waals surface area contributed by atoms with Gasteiger partial charge in [0.15, 0.2) is 0 Å². The highest BCUT2D eigenvalue weighted by Crippen LogP contribution is 2.17. The highest BCUT2D eigenvalue weighted by molar-refractivity contribution is 6.39. The summed E-state index contributed by atoms with van der Waals surface area (Å²) >= 11 is 0.